The Kier molecular flexibility index (Phi) is 4.18. The molecule has 1 aromatic rings. The van der Waals surface area contributed by atoms with Crippen LogP contribution in [0.25, 0.3) is 0 Å². The Morgan fingerprint density at radius 2 is 2.18 bits per heavy atom. The van der Waals surface area contributed by atoms with Gasteiger partial charge in [0.1, 0.15) is 0 Å². The van der Waals surface area contributed by atoms with Gasteiger partial charge in [-0.05, 0) is 38.2 Å². The molecule has 1 aliphatic rings. The van der Waals surface area contributed by atoms with Gasteiger partial charge in [0.25, 0.3) is 0 Å². The monoisotopic (exact) mass is 272 g/mol. The zero-order valence-corrected chi connectivity index (χ0v) is 11.8. The molecule has 1 aliphatic heterocycles. The van der Waals surface area contributed by atoms with Crippen molar-refractivity contribution < 1.29 is 0 Å². The van der Waals surface area contributed by atoms with Crippen molar-refractivity contribution in [2.75, 3.05) is 32.1 Å². The van der Waals surface area contributed by atoms with E-state index in [1.165, 1.54) is 12.1 Å². The Bertz CT molecular complexity index is 393. The maximum absolute atomic E-state index is 6.07. The van der Waals surface area contributed by atoms with E-state index in [4.69, 9.17) is 23.2 Å². The van der Waals surface area contributed by atoms with E-state index in [-0.39, 0.29) is 0 Å². The van der Waals surface area contributed by atoms with E-state index in [2.05, 4.69) is 23.9 Å². The number of hydrogen-bond acceptors (Lipinski definition) is 2. The molecule has 0 saturated carbocycles. The van der Waals surface area contributed by atoms with Crippen LogP contribution in [0.1, 0.15) is 12.0 Å². The third-order valence-corrected chi connectivity index (χ3v) is 3.95. The van der Waals surface area contributed by atoms with Crippen molar-refractivity contribution in [2.24, 2.45) is 0 Å². The van der Waals surface area contributed by atoms with Crippen LogP contribution >= 0.6 is 23.2 Å². The highest BCUT2D eigenvalue weighted by Crippen LogP contribution is 2.29. The fourth-order valence-electron chi connectivity index (χ4n) is 2.33. The van der Waals surface area contributed by atoms with E-state index in [1.54, 1.807) is 0 Å². The normalized spacial score (nSPS) is 20.3. The van der Waals surface area contributed by atoms with Gasteiger partial charge in [-0.15, -0.1) is 11.6 Å². The molecule has 0 N–H and O–H groups in total. The van der Waals surface area contributed by atoms with Crippen LogP contribution in [-0.2, 0) is 5.88 Å². The summed E-state index contributed by atoms with van der Waals surface area (Å²) in [6, 6.07) is 6.57. The minimum Gasteiger partial charge on any atom is -0.370 e. The summed E-state index contributed by atoms with van der Waals surface area (Å²) in [7, 11) is 4.27. The molecule has 0 aromatic heterocycles. The first-order chi connectivity index (χ1) is 8.11. The largest absolute Gasteiger partial charge is 0.370 e. The lowest BCUT2D eigenvalue weighted by atomic mass is 10.2. The van der Waals surface area contributed by atoms with Crippen LogP contribution in [-0.4, -0.2) is 38.1 Å². The van der Waals surface area contributed by atoms with E-state index < -0.39 is 0 Å². The molecule has 0 amide bonds. The number of benzene rings is 1. The molecule has 17 heavy (non-hydrogen) atoms. The number of hydrogen-bond donors (Lipinski definition) is 0. The van der Waals surface area contributed by atoms with Gasteiger partial charge in [-0.3, -0.25) is 0 Å². The third-order valence-electron chi connectivity index (χ3n) is 3.43. The van der Waals surface area contributed by atoms with Crippen LogP contribution in [0.5, 0.6) is 0 Å². The Balaban J connectivity index is 2.20. The molecular formula is C13H18Cl2N2. The quantitative estimate of drug-likeness (QED) is 0.780. The van der Waals surface area contributed by atoms with Crippen molar-refractivity contribution in [2.45, 2.75) is 18.3 Å². The number of nitrogens with zero attached hydrogens (tertiary/aromatic N) is 2. The topological polar surface area (TPSA) is 6.48 Å². The molecular weight excluding hydrogens is 255 g/mol. The smallest absolute Gasteiger partial charge is 0.0494 e. The molecule has 1 saturated heterocycles. The molecule has 0 spiro atoms. The summed E-state index contributed by atoms with van der Waals surface area (Å²) < 4.78 is 0. The molecule has 2 nitrogen and oxygen atoms in total. The molecule has 94 valence electrons. The van der Waals surface area contributed by atoms with Crippen LogP contribution < -0.4 is 4.90 Å². The highest BCUT2D eigenvalue weighted by molar-refractivity contribution is 6.31. The Labute approximate surface area is 113 Å². The summed E-state index contributed by atoms with van der Waals surface area (Å²) >= 11 is 12.1. The SMILES string of the molecule is CN(C)C1CCN(c2cc(Cl)ccc2CCl)C1. The molecule has 1 unspecified atom stereocenters. The van der Waals surface area contributed by atoms with Crippen molar-refractivity contribution >= 4 is 28.9 Å². The maximum atomic E-state index is 6.07. The van der Waals surface area contributed by atoms with Crippen molar-refractivity contribution in [3.05, 3.63) is 28.8 Å². The van der Waals surface area contributed by atoms with Gasteiger partial charge < -0.3 is 9.80 Å². The van der Waals surface area contributed by atoms with Crippen molar-refractivity contribution in [3.63, 3.8) is 0 Å². The van der Waals surface area contributed by atoms with Gasteiger partial charge in [-0.1, -0.05) is 17.7 Å². The van der Waals surface area contributed by atoms with E-state index >= 15 is 0 Å². The van der Waals surface area contributed by atoms with E-state index in [9.17, 15) is 0 Å². The molecule has 0 bridgehead atoms. The van der Waals surface area contributed by atoms with E-state index in [1.807, 2.05) is 18.2 Å². The van der Waals surface area contributed by atoms with Gasteiger partial charge in [-0.2, -0.15) is 0 Å². The number of likely N-dealkylation sites (N-methyl/N-ethyl adjacent to an activating group) is 1. The first-order valence-corrected chi connectivity index (χ1v) is 6.79. The average Bonchev–Trinajstić information content (AvgIpc) is 2.78. The van der Waals surface area contributed by atoms with Gasteiger partial charge >= 0.3 is 0 Å². The average molecular weight is 273 g/mol. The molecule has 1 heterocycles. The Morgan fingerprint density at radius 1 is 1.41 bits per heavy atom. The first-order valence-electron chi connectivity index (χ1n) is 5.87. The summed E-state index contributed by atoms with van der Waals surface area (Å²) in [5, 5.41) is 0.780. The Morgan fingerprint density at radius 3 is 2.76 bits per heavy atom. The molecule has 1 fully saturated rings. The van der Waals surface area contributed by atoms with Crippen molar-refractivity contribution in [3.8, 4) is 0 Å². The maximum Gasteiger partial charge on any atom is 0.0494 e. The van der Waals surface area contributed by atoms with Crippen LogP contribution in [0, 0.1) is 0 Å². The van der Waals surface area contributed by atoms with Crippen LogP contribution in [0.15, 0.2) is 18.2 Å². The fraction of sp³-hybridized carbons (Fsp3) is 0.538. The first kappa shape index (κ1) is 13.0. The molecule has 1 aromatic carbocycles. The summed E-state index contributed by atoms with van der Waals surface area (Å²) in [4.78, 5) is 4.67. The van der Waals surface area contributed by atoms with Crippen LogP contribution in [0.3, 0.4) is 0 Å². The summed E-state index contributed by atoms with van der Waals surface area (Å²) in [6.45, 7) is 2.13. The van der Waals surface area contributed by atoms with Crippen LogP contribution in [0.2, 0.25) is 5.02 Å². The summed E-state index contributed by atoms with van der Waals surface area (Å²) in [6.07, 6.45) is 1.20. The predicted octanol–water partition coefficient (Wildman–Crippen LogP) is 3.22. The second-order valence-electron chi connectivity index (χ2n) is 4.76. The standard InChI is InChI=1S/C13H18Cl2N2/c1-16(2)12-5-6-17(9-12)13-7-11(15)4-3-10(13)8-14/h3-4,7,12H,5-6,8-9H2,1-2H3. The van der Waals surface area contributed by atoms with Crippen molar-refractivity contribution in [1.29, 1.82) is 0 Å². The zero-order chi connectivity index (χ0) is 12.4. The number of alkyl halides is 1. The van der Waals surface area contributed by atoms with Crippen LogP contribution in [0.4, 0.5) is 5.69 Å². The molecule has 4 heteroatoms. The lowest BCUT2D eigenvalue weighted by Gasteiger charge is -2.23. The highest BCUT2D eigenvalue weighted by Gasteiger charge is 2.25. The number of rotatable bonds is 3. The zero-order valence-electron chi connectivity index (χ0n) is 10.3. The highest BCUT2D eigenvalue weighted by atomic mass is 35.5. The fourth-order valence-corrected chi connectivity index (χ4v) is 2.72. The minimum absolute atomic E-state index is 0.537. The molecule has 1 atom stereocenters. The Hall–Kier alpha value is -0.440. The van der Waals surface area contributed by atoms with Gasteiger partial charge in [0.05, 0.1) is 0 Å². The van der Waals surface area contributed by atoms with Gasteiger partial charge in [0, 0.05) is 35.7 Å². The third kappa shape index (κ3) is 2.87. The summed E-state index contributed by atoms with van der Waals surface area (Å²) in [5.74, 6) is 0.537. The van der Waals surface area contributed by atoms with E-state index in [0.717, 1.165) is 23.7 Å². The molecule has 0 aliphatic carbocycles. The van der Waals surface area contributed by atoms with Crippen molar-refractivity contribution in [1.82, 2.24) is 4.90 Å². The molecule has 0 radical (unpaired) electrons. The molecule has 2 rings (SSSR count). The second-order valence-corrected chi connectivity index (χ2v) is 5.46. The van der Waals surface area contributed by atoms with Gasteiger partial charge in [0.15, 0.2) is 0 Å². The lowest BCUT2D eigenvalue weighted by Crippen LogP contribution is -2.31. The van der Waals surface area contributed by atoms with E-state index in [0.29, 0.717) is 11.9 Å². The predicted molar refractivity (Wildman–Crippen MR) is 75.3 cm³/mol. The second kappa shape index (κ2) is 5.47. The summed E-state index contributed by atoms with van der Waals surface area (Å²) in [5.41, 5.74) is 2.35. The lowest BCUT2D eigenvalue weighted by molar-refractivity contribution is 0.315. The van der Waals surface area contributed by atoms with Gasteiger partial charge in [0.2, 0.25) is 0 Å². The number of halogens is 2. The van der Waals surface area contributed by atoms with Gasteiger partial charge in [-0.25, -0.2) is 0 Å². The number of anilines is 1. The minimum atomic E-state index is 0.537.